The van der Waals surface area contributed by atoms with Gasteiger partial charge in [0, 0.05) is 25.2 Å². The second-order valence-electron chi connectivity index (χ2n) is 6.17. The van der Waals surface area contributed by atoms with Crippen molar-refractivity contribution in [2.45, 2.75) is 19.8 Å². The van der Waals surface area contributed by atoms with Crippen LogP contribution in [0.5, 0.6) is 0 Å². The Bertz CT molecular complexity index is 891. The average Bonchev–Trinajstić information content (AvgIpc) is 3.34. The Morgan fingerprint density at radius 1 is 1.27 bits per heavy atom. The van der Waals surface area contributed by atoms with Gasteiger partial charge >= 0.3 is 0 Å². The molecule has 0 saturated carbocycles. The van der Waals surface area contributed by atoms with Gasteiger partial charge in [-0.1, -0.05) is 5.16 Å². The number of carbonyl (C=O) groups excluding carboxylic acids is 1. The molecule has 4 rings (SSSR count). The highest BCUT2D eigenvalue weighted by molar-refractivity contribution is 5.92. The first-order valence-corrected chi connectivity index (χ1v) is 8.35. The molecular weight excluding hydrogens is 336 g/mol. The molecule has 1 fully saturated rings. The second kappa shape index (κ2) is 6.90. The van der Waals surface area contributed by atoms with E-state index < -0.39 is 0 Å². The van der Waals surface area contributed by atoms with Gasteiger partial charge in [-0.25, -0.2) is 19.6 Å². The summed E-state index contributed by atoms with van der Waals surface area (Å²) < 4.78 is 6.56. The van der Waals surface area contributed by atoms with E-state index in [2.05, 4.69) is 35.4 Å². The van der Waals surface area contributed by atoms with Crippen molar-refractivity contribution < 1.29 is 9.32 Å². The van der Waals surface area contributed by atoms with Crippen LogP contribution in [0.1, 0.15) is 18.6 Å². The fourth-order valence-corrected chi connectivity index (χ4v) is 3.01. The van der Waals surface area contributed by atoms with Crippen LogP contribution < -0.4 is 10.2 Å². The fourth-order valence-electron chi connectivity index (χ4n) is 3.01. The number of piperidine rings is 1. The molecule has 4 heterocycles. The maximum Gasteiger partial charge on any atom is 0.230 e. The lowest BCUT2D eigenvalue weighted by Crippen LogP contribution is -2.41. The Morgan fingerprint density at radius 3 is 2.92 bits per heavy atom. The molecule has 10 heteroatoms. The van der Waals surface area contributed by atoms with Gasteiger partial charge in [0.05, 0.1) is 5.92 Å². The van der Waals surface area contributed by atoms with Crippen LogP contribution in [0.15, 0.2) is 35.6 Å². The molecule has 1 N–H and O–H groups in total. The summed E-state index contributed by atoms with van der Waals surface area (Å²) in [5.41, 5.74) is 0. The zero-order valence-electron chi connectivity index (χ0n) is 14.2. The van der Waals surface area contributed by atoms with Crippen LogP contribution in [0.2, 0.25) is 0 Å². The summed E-state index contributed by atoms with van der Waals surface area (Å²) >= 11 is 0. The summed E-state index contributed by atoms with van der Waals surface area (Å²) in [6.07, 6.45) is 6.25. The van der Waals surface area contributed by atoms with Gasteiger partial charge in [-0.05, 0) is 19.8 Å². The van der Waals surface area contributed by atoms with Crippen molar-refractivity contribution in [2.75, 3.05) is 23.3 Å². The number of aromatic nitrogens is 6. The quantitative estimate of drug-likeness (QED) is 0.743. The highest BCUT2D eigenvalue weighted by atomic mass is 16.5. The van der Waals surface area contributed by atoms with Crippen LogP contribution in [0.3, 0.4) is 0 Å². The van der Waals surface area contributed by atoms with Gasteiger partial charge in [0.2, 0.25) is 5.91 Å². The summed E-state index contributed by atoms with van der Waals surface area (Å²) in [6, 6.07) is 3.54. The molecular formula is C16H18N8O2. The van der Waals surface area contributed by atoms with Gasteiger partial charge in [-0.3, -0.25) is 4.79 Å². The molecule has 26 heavy (non-hydrogen) atoms. The first-order valence-electron chi connectivity index (χ1n) is 8.35. The number of amides is 1. The predicted octanol–water partition coefficient (Wildman–Crippen LogP) is 1.21. The average molecular weight is 354 g/mol. The van der Waals surface area contributed by atoms with Crippen molar-refractivity contribution in [2.24, 2.45) is 5.92 Å². The predicted molar refractivity (Wildman–Crippen MR) is 91.8 cm³/mol. The van der Waals surface area contributed by atoms with Gasteiger partial charge in [0.15, 0.2) is 11.6 Å². The second-order valence-corrected chi connectivity index (χ2v) is 6.17. The summed E-state index contributed by atoms with van der Waals surface area (Å²) in [5.74, 6) is 2.30. The van der Waals surface area contributed by atoms with Crippen molar-refractivity contribution in [3.8, 4) is 5.82 Å². The SMILES string of the molecule is Cc1cc(NC(=O)C2CCCN(c3cc(-n4cncn4)ncn3)C2)no1. The normalized spacial score (nSPS) is 17.3. The van der Waals surface area contributed by atoms with Crippen LogP contribution in [0.4, 0.5) is 11.6 Å². The molecule has 0 aliphatic carbocycles. The van der Waals surface area contributed by atoms with Gasteiger partial charge in [-0.15, -0.1) is 0 Å². The van der Waals surface area contributed by atoms with Gasteiger partial charge < -0.3 is 14.7 Å². The zero-order chi connectivity index (χ0) is 17.9. The summed E-state index contributed by atoms with van der Waals surface area (Å²) in [5, 5.41) is 10.7. The molecule has 0 spiro atoms. The number of hydrogen-bond donors (Lipinski definition) is 1. The highest BCUT2D eigenvalue weighted by Crippen LogP contribution is 2.23. The van der Waals surface area contributed by atoms with Crippen LogP contribution >= 0.6 is 0 Å². The molecule has 1 saturated heterocycles. The molecule has 3 aromatic rings. The Hall–Kier alpha value is -3.30. The maximum atomic E-state index is 12.5. The minimum Gasteiger partial charge on any atom is -0.360 e. The standard InChI is InChI=1S/C16H18N8O2/c1-11-5-13(22-26-11)21-16(25)12-3-2-4-23(7-12)14-6-15(19-9-18-14)24-10-17-8-20-24/h5-6,8-10,12H,2-4,7H2,1H3,(H,21,22,25). The van der Waals surface area contributed by atoms with Crippen molar-refractivity contribution in [1.29, 1.82) is 0 Å². The van der Waals surface area contributed by atoms with E-state index in [-0.39, 0.29) is 11.8 Å². The third kappa shape index (κ3) is 3.39. The molecule has 0 bridgehead atoms. The van der Waals surface area contributed by atoms with Gasteiger partial charge in [0.25, 0.3) is 0 Å². The topological polar surface area (TPSA) is 115 Å². The molecule has 1 amide bonds. The number of carbonyl (C=O) groups is 1. The molecule has 1 atom stereocenters. The molecule has 10 nitrogen and oxygen atoms in total. The van der Waals surface area contributed by atoms with Crippen LogP contribution in [-0.4, -0.2) is 48.9 Å². The molecule has 3 aromatic heterocycles. The third-order valence-electron chi connectivity index (χ3n) is 4.29. The Labute approximate surface area is 149 Å². The van der Waals surface area contributed by atoms with E-state index in [1.807, 2.05) is 6.07 Å². The van der Waals surface area contributed by atoms with Crippen LogP contribution in [-0.2, 0) is 4.79 Å². The van der Waals surface area contributed by atoms with E-state index in [1.54, 1.807) is 24.0 Å². The lowest BCUT2D eigenvalue weighted by atomic mass is 9.97. The number of aryl methyl sites for hydroxylation is 1. The zero-order valence-corrected chi connectivity index (χ0v) is 14.2. The molecule has 134 valence electrons. The largest absolute Gasteiger partial charge is 0.360 e. The van der Waals surface area contributed by atoms with Gasteiger partial charge in [0.1, 0.15) is 30.6 Å². The monoisotopic (exact) mass is 354 g/mol. The van der Waals surface area contributed by atoms with Crippen molar-refractivity contribution in [3.63, 3.8) is 0 Å². The van der Waals surface area contributed by atoms with Gasteiger partial charge in [-0.2, -0.15) is 5.10 Å². The number of nitrogens with one attached hydrogen (secondary N) is 1. The van der Waals surface area contributed by atoms with Crippen molar-refractivity contribution in [1.82, 2.24) is 29.9 Å². The van der Waals surface area contributed by atoms with E-state index >= 15 is 0 Å². The first kappa shape index (κ1) is 16.2. The van der Waals surface area contributed by atoms with E-state index in [4.69, 9.17) is 4.52 Å². The van der Waals surface area contributed by atoms with E-state index in [0.717, 1.165) is 25.2 Å². The lowest BCUT2D eigenvalue weighted by Gasteiger charge is -2.32. The third-order valence-corrected chi connectivity index (χ3v) is 4.29. The summed E-state index contributed by atoms with van der Waals surface area (Å²) in [4.78, 5) is 27.1. The molecule has 1 aliphatic heterocycles. The molecule has 1 unspecified atom stereocenters. The van der Waals surface area contributed by atoms with E-state index in [9.17, 15) is 4.79 Å². The van der Waals surface area contributed by atoms with Crippen LogP contribution in [0, 0.1) is 12.8 Å². The number of hydrogen-bond acceptors (Lipinski definition) is 8. The molecule has 1 aliphatic rings. The number of anilines is 2. The minimum atomic E-state index is -0.148. The Balaban J connectivity index is 1.46. The summed E-state index contributed by atoms with van der Waals surface area (Å²) in [7, 11) is 0. The Kier molecular flexibility index (Phi) is 4.30. The van der Waals surface area contributed by atoms with Crippen molar-refractivity contribution in [3.05, 3.63) is 36.9 Å². The number of nitrogens with zero attached hydrogens (tertiary/aromatic N) is 7. The summed E-state index contributed by atoms with van der Waals surface area (Å²) in [6.45, 7) is 3.20. The smallest absolute Gasteiger partial charge is 0.230 e. The van der Waals surface area contributed by atoms with Crippen molar-refractivity contribution >= 4 is 17.5 Å². The van der Waals surface area contributed by atoms with E-state index in [0.29, 0.717) is 23.9 Å². The van der Waals surface area contributed by atoms with E-state index in [1.165, 1.54) is 12.7 Å². The highest BCUT2D eigenvalue weighted by Gasteiger charge is 2.27. The minimum absolute atomic E-state index is 0.0615. The number of rotatable bonds is 4. The molecule has 0 aromatic carbocycles. The first-order chi connectivity index (χ1) is 12.7. The molecule has 0 radical (unpaired) electrons. The Morgan fingerprint density at radius 2 is 2.15 bits per heavy atom. The fraction of sp³-hybridized carbons (Fsp3) is 0.375. The maximum absolute atomic E-state index is 12.5. The van der Waals surface area contributed by atoms with Crippen LogP contribution in [0.25, 0.3) is 5.82 Å². The lowest BCUT2D eigenvalue weighted by molar-refractivity contribution is -0.120.